The molecule has 0 saturated heterocycles. The number of nitrogens with two attached hydrogens (primary N) is 1. The van der Waals surface area contributed by atoms with Crippen LogP contribution in [-0.2, 0) is 0 Å². The first-order valence-corrected chi connectivity index (χ1v) is 7.04. The van der Waals surface area contributed by atoms with Gasteiger partial charge in [-0.2, -0.15) is 10.4 Å². The van der Waals surface area contributed by atoms with Crippen molar-refractivity contribution in [2.24, 2.45) is 16.8 Å². The SMILES string of the molecule is CCCC(=CC=CC#N)N1N=C(C(C)C)C=CC1(C)N. The summed E-state index contributed by atoms with van der Waals surface area (Å²) in [5.41, 5.74) is 7.72. The smallest absolute Gasteiger partial charge is 0.126 e. The molecule has 108 valence electrons. The first-order valence-electron chi connectivity index (χ1n) is 7.04. The summed E-state index contributed by atoms with van der Waals surface area (Å²) in [5, 5.41) is 15.1. The highest BCUT2D eigenvalue weighted by molar-refractivity contribution is 5.97. The number of allylic oxidation sites excluding steroid dienone is 5. The molecule has 0 spiro atoms. The molecule has 20 heavy (non-hydrogen) atoms. The Hall–Kier alpha value is -1.86. The van der Waals surface area contributed by atoms with Gasteiger partial charge in [0.15, 0.2) is 0 Å². The second-order valence-electron chi connectivity index (χ2n) is 5.45. The summed E-state index contributed by atoms with van der Waals surface area (Å²) in [5.74, 6) is 0.349. The number of nitriles is 1. The van der Waals surface area contributed by atoms with E-state index in [-0.39, 0.29) is 0 Å². The Morgan fingerprint density at radius 1 is 1.60 bits per heavy atom. The van der Waals surface area contributed by atoms with Crippen LogP contribution in [-0.4, -0.2) is 16.4 Å². The van der Waals surface area contributed by atoms with E-state index in [1.165, 1.54) is 6.08 Å². The first-order chi connectivity index (χ1) is 9.42. The Labute approximate surface area is 121 Å². The van der Waals surface area contributed by atoms with Crippen LogP contribution in [0.15, 0.2) is 41.2 Å². The summed E-state index contributed by atoms with van der Waals surface area (Å²) in [6.45, 7) is 8.27. The highest BCUT2D eigenvalue weighted by Crippen LogP contribution is 2.26. The quantitative estimate of drug-likeness (QED) is 0.617. The minimum atomic E-state index is -0.639. The van der Waals surface area contributed by atoms with E-state index in [4.69, 9.17) is 11.0 Å². The molecule has 1 aliphatic rings. The molecular formula is C16H24N4. The molecule has 0 bridgehead atoms. The van der Waals surface area contributed by atoms with Crippen LogP contribution >= 0.6 is 0 Å². The van der Waals surface area contributed by atoms with E-state index < -0.39 is 5.66 Å². The molecule has 1 atom stereocenters. The largest absolute Gasteiger partial charge is 0.304 e. The molecule has 2 N–H and O–H groups in total. The summed E-state index contributed by atoms with van der Waals surface area (Å²) in [6.07, 6.45) is 10.9. The third kappa shape index (κ3) is 4.07. The van der Waals surface area contributed by atoms with Crippen molar-refractivity contribution in [2.45, 2.75) is 46.2 Å². The third-order valence-electron chi connectivity index (χ3n) is 3.09. The Balaban J connectivity index is 3.15. The fraction of sp³-hybridized carbons (Fsp3) is 0.500. The van der Waals surface area contributed by atoms with E-state index in [0.717, 1.165) is 24.3 Å². The van der Waals surface area contributed by atoms with E-state index in [1.807, 2.05) is 36.2 Å². The molecule has 0 fully saturated rings. The molecule has 0 radical (unpaired) electrons. The lowest BCUT2D eigenvalue weighted by molar-refractivity contribution is 0.198. The Morgan fingerprint density at radius 2 is 2.30 bits per heavy atom. The fourth-order valence-corrected chi connectivity index (χ4v) is 1.98. The average Bonchev–Trinajstić information content (AvgIpc) is 2.37. The highest BCUT2D eigenvalue weighted by Gasteiger charge is 2.29. The van der Waals surface area contributed by atoms with E-state index >= 15 is 0 Å². The van der Waals surface area contributed by atoms with Gasteiger partial charge >= 0.3 is 0 Å². The highest BCUT2D eigenvalue weighted by atomic mass is 15.5. The van der Waals surface area contributed by atoms with Crippen LogP contribution in [0.4, 0.5) is 0 Å². The van der Waals surface area contributed by atoms with E-state index in [0.29, 0.717) is 5.92 Å². The van der Waals surface area contributed by atoms with Crippen molar-refractivity contribution in [3.8, 4) is 6.07 Å². The average molecular weight is 272 g/mol. The molecule has 0 saturated carbocycles. The van der Waals surface area contributed by atoms with Crippen LogP contribution in [0.2, 0.25) is 0 Å². The number of hydrogen-bond acceptors (Lipinski definition) is 4. The second-order valence-corrected chi connectivity index (χ2v) is 5.45. The number of rotatable bonds is 5. The van der Waals surface area contributed by atoms with Crippen LogP contribution < -0.4 is 5.73 Å². The normalized spacial score (nSPS) is 23.4. The van der Waals surface area contributed by atoms with Gasteiger partial charge in [0.05, 0.1) is 11.8 Å². The van der Waals surface area contributed by atoms with Crippen molar-refractivity contribution < 1.29 is 0 Å². The van der Waals surface area contributed by atoms with E-state index in [1.54, 1.807) is 6.08 Å². The van der Waals surface area contributed by atoms with Gasteiger partial charge in [0.1, 0.15) is 5.66 Å². The molecule has 1 heterocycles. The van der Waals surface area contributed by atoms with Crippen LogP contribution in [0.5, 0.6) is 0 Å². The summed E-state index contributed by atoms with van der Waals surface area (Å²) in [6, 6.07) is 1.99. The fourth-order valence-electron chi connectivity index (χ4n) is 1.98. The molecule has 0 aromatic rings. The minimum Gasteiger partial charge on any atom is -0.304 e. The molecule has 0 aromatic heterocycles. The van der Waals surface area contributed by atoms with Gasteiger partial charge in [0.25, 0.3) is 0 Å². The molecule has 1 aliphatic heterocycles. The minimum absolute atomic E-state index is 0.349. The van der Waals surface area contributed by atoms with Crippen molar-refractivity contribution in [2.75, 3.05) is 0 Å². The molecule has 1 rings (SSSR count). The zero-order valence-electron chi connectivity index (χ0n) is 12.8. The monoisotopic (exact) mass is 272 g/mol. The zero-order chi connectivity index (χ0) is 15.2. The maximum absolute atomic E-state index is 8.59. The van der Waals surface area contributed by atoms with Crippen molar-refractivity contribution in [1.82, 2.24) is 5.01 Å². The first kappa shape index (κ1) is 16.2. The van der Waals surface area contributed by atoms with Gasteiger partial charge in [-0.25, -0.2) is 5.01 Å². The van der Waals surface area contributed by atoms with Crippen molar-refractivity contribution in [3.05, 3.63) is 36.1 Å². The molecular weight excluding hydrogens is 248 g/mol. The van der Waals surface area contributed by atoms with Crippen molar-refractivity contribution in [3.63, 3.8) is 0 Å². The molecule has 0 amide bonds. The second kappa shape index (κ2) is 7.06. The predicted octanol–water partition coefficient (Wildman–Crippen LogP) is 3.31. The topological polar surface area (TPSA) is 65.4 Å². The van der Waals surface area contributed by atoms with Crippen LogP contribution in [0.25, 0.3) is 0 Å². The van der Waals surface area contributed by atoms with Gasteiger partial charge in [0.2, 0.25) is 0 Å². The molecule has 4 nitrogen and oxygen atoms in total. The van der Waals surface area contributed by atoms with Gasteiger partial charge in [-0.1, -0.05) is 27.2 Å². The lowest BCUT2D eigenvalue weighted by Crippen LogP contribution is -2.51. The third-order valence-corrected chi connectivity index (χ3v) is 3.09. The van der Waals surface area contributed by atoms with Crippen LogP contribution in [0.3, 0.4) is 0 Å². The summed E-state index contributed by atoms with van der Waals surface area (Å²) in [7, 11) is 0. The zero-order valence-corrected chi connectivity index (χ0v) is 12.8. The standard InChI is InChI=1S/C16H24N4/c1-5-8-14(9-6-7-12-17)20-16(4,18)11-10-15(19-20)13(2)3/h6-7,9-11,13H,5,8,18H2,1-4H3. The maximum Gasteiger partial charge on any atom is 0.126 e. The Kier molecular flexibility index (Phi) is 5.72. The lowest BCUT2D eigenvalue weighted by atomic mass is 10.0. The molecule has 0 aromatic carbocycles. The maximum atomic E-state index is 8.59. The van der Waals surface area contributed by atoms with E-state index in [9.17, 15) is 0 Å². The number of hydrogen-bond donors (Lipinski definition) is 1. The van der Waals surface area contributed by atoms with Crippen molar-refractivity contribution in [1.29, 1.82) is 5.26 Å². The number of hydrazone groups is 1. The van der Waals surface area contributed by atoms with Crippen LogP contribution in [0.1, 0.15) is 40.5 Å². The van der Waals surface area contributed by atoms with E-state index in [2.05, 4.69) is 25.9 Å². The van der Waals surface area contributed by atoms with Gasteiger partial charge in [0, 0.05) is 11.8 Å². The molecule has 4 heteroatoms. The Bertz CT molecular complexity index is 487. The van der Waals surface area contributed by atoms with Gasteiger partial charge in [-0.15, -0.1) is 0 Å². The van der Waals surface area contributed by atoms with Gasteiger partial charge < -0.3 is 5.73 Å². The van der Waals surface area contributed by atoms with Gasteiger partial charge in [-0.05, 0) is 43.6 Å². The Morgan fingerprint density at radius 3 is 2.85 bits per heavy atom. The molecule has 0 aliphatic carbocycles. The summed E-state index contributed by atoms with van der Waals surface area (Å²) >= 11 is 0. The lowest BCUT2D eigenvalue weighted by Gasteiger charge is -2.38. The van der Waals surface area contributed by atoms with Gasteiger partial charge in [-0.3, -0.25) is 0 Å². The van der Waals surface area contributed by atoms with Crippen LogP contribution in [0, 0.1) is 17.2 Å². The van der Waals surface area contributed by atoms with Crippen molar-refractivity contribution >= 4 is 5.71 Å². The number of nitrogens with zero attached hydrogens (tertiary/aromatic N) is 3. The predicted molar refractivity (Wildman–Crippen MR) is 83.6 cm³/mol. The summed E-state index contributed by atoms with van der Waals surface area (Å²) in [4.78, 5) is 0. The summed E-state index contributed by atoms with van der Waals surface area (Å²) < 4.78 is 0. The molecule has 1 unspecified atom stereocenters.